The summed E-state index contributed by atoms with van der Waals surface area (Å²) in [5.74, 6) is 0. The highest BCUT2D eigenvalue weighted by molar-refractivity contribution is 7.53. The molecule has 78 valence electrons. The van der Waals surface area contributed by atoms with Crippen molar-refractivity contribution in [1.82, 2.24) is 5.32 Å². The molecule has 0 aromatic rings. The van der Waals surface area contributed by atoms with E-state index in [0.717, 1.165) is 0 Å². The van der Waals surface area contributed by atoms with Gasteiger partial charge in [0, 0.05) is 6.54 Å². The zero-order valence-electron chi connectivity index (χ0n) is 8.28. The molecule has 1 N–H and O–H groups in total. The van der Waals surface area contributed by atoms with Crippen molar-refractivity contribution in [1.29, 1.82) is 0 Å². The summed E-state index contributed by atoms with van der Waals surface area (Å²) >= 11 is 0. The number of hydrogen-bond acceptors (Lipinski definition) is 4. The second kappa shape index (κ2) is 7.27. The Kier molecular flexibility index (Phi) is 7.19. The SMILES string of the molecule is C=CCNCP(=O)(OCC)OCC. The summed E-state index contributed by atoms with van der Waals surface area (Å²) in [4.78, 5) is 0. The van der Waals surface area contributed by atoms with Crippen LogP contribution in [0.15, 0.2) is 12.7 Å². The van der Waals surface area contributed by atoms with Crippen molar-refractivity contribution < 1.29 is 13.6 Å². The van der Waals surface area contributed by atoms with Crippen molar-refractivity contribution in [2.24, 2.45) is 0 Å². The standard InChI is InChI=1S/C8H18NO3P/c1-4-7-9-8-13(10,11-5-2)12-6-3/h4,9H,1,5-8H2,2-3H3. The van der Waals surface area contributed by atoms with Gasteiger partial charge in [0.05, 0.1) is 19.5 Å². The Morgan fingerprint density at radius 1 is 1.38 bits per heavy atom. The molecule has 13 heavy (non-hydrogen) atoms. The molecular weight excluding hydrogens is 189 g/mol. The summed E-state index contributed by atoms with van der Waals surface area (Å²) in [6.07, 6.45) is 1.93. The highest BCUT2D eigenvalue weighted by atomic mass is 31.2. The maximum atomic E-state index is 11.7. The zero-order valence-corrected chi connectivity index (χ0v) is 9.18. The lowest BCUT2D eigenvalue weighted by Crippen LogP contribution is -2.17. The predicted octanol–water partition coefficient (Wildman–Crippen LogP) is 1.99. The lowest BCUT2D eigenvalue weighted by atomic mass is 10.6. The van der Waals surface area contributed by atoms with Gasteiger partial charge in [0.15, 0.2) is 0 Å². The van der Waals surface area contributed by atoms with Gasteiger partial charge in [-0.25, -0.2) is 0 Å². The summed E-state index contributed by atoms with van der Waals surface area (Å²) < 4.78 is 21.9. The van der Waals surface area contributed by atoms with Gasteiger partial charge < -0.3 is 14.4 Å². The Morgan fingerprint density at radius 3 is 2.31 bits per heavy atom. The fraction of sp³-hybridized carbons (Fsp3) is 0.750. The maximum absolute atomic E-state index is 11.7. The van der Waals surface area contributed by atoms with Gasteiger partial charge in [-0.3, -0.25) is 4.57 Å². The fourth-order valence-electron chi connectivity index (χ4n) is 0.825. The Morgan fingerprint density at radius 2 is 1.92 bits per heavy atom. The van der Waals surface area contributed by atoms with E-state index < -0.39 is 7.60 Å². The van der Waals surface area contributed by atoms with Crippen LogP contribution < -0.4 is 5.32 Å². The van der Waals surface area contributed by atoms with E-state index in [1.807, 2.05) is 0 Å². The molecule has 0 aliphatic heterocycles. The first-order valence-corrected chi connectivity index (χ1v) is 6.11. The van der Waals surface area contributed by atoms with E-state index in [1.165, 1.54) is 0 Å². The molecule has 0 heterocycles. The minimum absolute atomic E-state index is 0.237. The normalized spacial score (nSPS) is 11.5. The van der Waals surface area contributed by atoms with E-state index in [1.54, 1.807) is 19.9 Å². The second-order valence-electron chi connectivity index (χ2n) is 2.35. The molecule has 0 radical (unpaired) electrons. The molecule has 4 nitrogen and oxygen atoms in total. The van der Waals surface area contributed by atoms with E-state index in [0.29, 0.717) is 19.8 Å². The van der Waals surface area contributed by atoms with Crippen LogP contribution in [-0.2, 0) is 13.6 Å². The molecule has 0 atom stereocenters. The highest BCUT2D eigenvalue weighted by Gasteiger charge is 2.21. The minimum Gasteiger partial charge on any atom is -0.308 e. The van der Waals surface area contributed by atoms with E-state index >= 15 is 0 Å². The van der Waals surface area contributed by atoms with Crippen LogP contribution in [0.1, 0.15) is 13.8 Å². The Bertz CT molecular complexity index is 174. The number of nitrogens with one attached hydrogen (secondary N) is 1. The van der Waals surface area contributed by atoms with Crippen LogP contribution in [0, 0.1) is 0 Å². The minimum atomic E-state index is -2.91. The van der Waals surface area contributed by atoms with Crippen LogP contribution in [-0.4, -0.2) is 26.0 Å². The average molecular weight is 207 g/mol. The summed E-state index contributed by atoms with van der Waals surface area (Å²) in [5.41, 5.74) is 0. The van der Waals surface area contributed by atoms with Crippen LogP contribution >= 0.6 is 7.60 Å². The van der Waals surface area contributed by atoms with Gasteiger partial charge in [-0.05, 0) is 13.8 Å². The quantitative estimate of drug-likeness (QED) is 0.375. The third kappa shape index (κ3) is 5.99. The molecule has 0 fully saturated rings. The summed E-state index contributed by atoms with van der Waals surface area (Å²) in [6.45, 7) is 8.51. The topological polar surface area (TPSA) is 47.6 Å². The van der Waals surface area contributed by atoms with Crippen molar-refractivity contribution in [2.75, 3.05) is 26.0 Å². The van der Waals surface area contributed by atoms with Crippen LogP contribution in [0.3, 0.4) is 0 Å². The lowest BCUT2D eigenvalue weighted by Gasteiger charge is -2.16. The summed E-state index contributed by atoms with van der Waals surface area (Å²) in [5, 5.41) is 2.91. The van der Waals surface area contributed by atoms with E-state index in [4.69, 9.17) is 9.05 Å². The van der Waals surface area contributed by atoms with Crippen molar-refractivity contribution in [3.63, 3.8) is 0 Å². The van der Waals surface area contributed by atoms with E-state index in [9.17, 15) is 4.57 Å². The first kappa shape index (κ1) is 12.8. The molecule has 0 rings (SSSR count). The van der Waals surface area contributed by atoms with Crippen molar-refractivity contribution in [3.05, 3.63) is 12.7 Å². The maximum Gasteiger partial charge on any atom is 0.344 e. The molecule has 5 heteroatoms. The van der Waals surface area contributed by atoms with Gasteiger partial charge >= 0.3 is 7.60 Å². The first-order chi connectivity index (χ1) is 6.18. The molecule has 0 amide bonds. The Balaban J connectivity index is 3.91. The molecule has 0 aliphatic rings. The van der Waals surface area contributed by atoms with Gasteiger partial charge in [-0.2, -0.15) is 0 Å². The molecular formula is C8H18NO3P. The Hall–Kier alpha value is -0.150. The van der Waals surface area contributed by atoms with Crippen LogP contribution in [0.25, 0.3) is 0 Å². The monoisotopic (exact) mass is 207 g/mol. The zero-order chi connectivity index (χ0) is 10.2. The first-order valence-electron chi connectivity index (χ1n) is 4.38. The highest BCUT2D eigenvalue weighted by Crippen LogP contribution is 2.46. The van der Waals surface area contributed by atoms with Gasteiger partial charge in [-0.15, -0.1) is 6.58 Å². The average Bonchev–Trinajstić information content (AvgIpc) is 2.05. The molecule has 0 saturated carbocycles. The number of rotatable bonds is 8. The third-order valence-electron chi connectivity index (χ3n) is 1.25. The van der Waals surface area contributed by atoms with E-state index in [-0.39, 0.29) is 6.29 Å². The molecule has 0 aliphatic carbocycles. The van der Waals surface area contributed by atoms with Crippen molar-refractivity contribution in [2.45, 2.75) is 13.8 Å². The summed E-state index contributed by atoms with van der Waals surface area (Å²) in [6, 6.07) is 0. The lowest BCUT2D eigenvalue weighted by molar-refractivity contribution is 0.218. The fourth-order valence-corrected chi connectivity index (χ4v) is 2.27. The van der Waals surface area contributed by atoms with Crippen molar-refractivity contribution >= 4 is 7.60 Å². The van der Waals surface area contributed by atoms with Gasteiger partial charge in [-0.1, -0.05) is 6.08 Å². The van der Waals surface area contributed by atoms with Crippen molar-refractivity contribution in [3.8, 4) is 0 Å². The van der Waals surface area contributed by atoms with Gasteiger partial charge in [0.2, 0.25) is 0 Å². The molecule has 0 bridgehead atoms. The smallest absolute Gasteiger partial charge is 0.308 e. The molecule has 0 aromatic carbocycles. The second-order valence-corrected chi connectivity index (χ2v) is 4.40. The largest absolute Gasteiger partial charge is 0.344 e. The van der Waals surface area contributed by atoms with Gasteiger partial charge in [0.25, 0.3) is 0 Å². The van der Waals surface area contributed by atoms with Gasteiger partial charge in [0.1, 0.15) is 0 Å². The molecule has 0 unspecified atom stereocenters. The third-order valence-corrected chi connectivity index (χ3v) is 3.16. The molecule has 0 spiro atoms. The predicted molar refractivity (Wildman–Crippen MR) is 53.9 cm³/mol. The molecule has 0 saturated heterocycles. The van der Waals surface area contributed by atoms with Crippen LogP contribution in [0.4, 0.5) is 0 Å². The number of hydrogen-bond donors (Lipinski definition) is 1. The van der Waals surface area contributed by atoms with Crippen LogP contribution in [0.5, 0.6) is 0 Å². The Labute approximate surface area is 79.8 Å². The van der Waals surface area contributed by atoms with Crippen LogP contribution in [0.2, 0.25) is 0 Å². The molecule has 0 aromatic heterocycles. The summed E-state index contributed by atoms with van der Waals surface area (Å²) in [7, 11) is -2.91. The van der Waals surface area contributed by atoms with E-state index in [2.05, 4.69) is 11.9 Å².